The molecule has 0 fully saturated rings. The fourth-order valence-electron chi connectivity index (χ4n) is 7.75. The molecular formula is C51H33N5. The molecule has 0 aliphatic rings. The molecule has 56 heavy (non-hydrogen) atoms. The zero-order valence-corrected chi connectivity index (χ0v) is 29.7. The normalized spacial score (nSPS) is 13.6. The van der Waals surface area contributed by atoms with Crippen molar-refractivity contribution in [2.24, 2.45) is 0 Å². The second kappa shape index (κ2) is 13.0. The topological polar surface area (TPSA) is 48.5 Å². The van der Waals surface area contributed by atoms with Crippen molar-refractivity contribution in [3.8, 4) is 56.7 Å². The van der Waals surface area contributed by atoms with Gasteiger partial charge in [-0.05, 0) is 65.7 Å². The van der Waals surface area contributed by atoms with Crippen LogP contribution in [0.15, 0.2) is 200 Å². The van der Waals surface area contributed by atoms with E-state index in [2.05, 4.69) is 34.9 Å². The lowest BCUT2D eigenvalue weighted by Gasteiger charge is -2.14. The molecule has 0 spiro atoms. The summed E-state index contributed by atoms with van der Waals surface area (Å²) in [5.74, 6) is 1.17. The summed E-state index contributed by atoms with van der Waals surface area (Å²) in [5, 5.41) is 1.98. The van der Waals surface area contributed by atoms with Gasteiger partial charge < -0.3 is 9.13 Å². The summed E-state index contributed by atoms with van der Waals surface area (Å²) in [5.41, 5.74) is 7.05. The van der Waals surface area contributed by atoms with Crippen LogP contribution in [0.4, 0.5) is 0 Å². The third-order valence-corrected chi connectivity index (χ3v) is 10.2. The summed E-state index contributed by atoms with van der Waals surface area (Å²) in [7, 11) is 0. The number of aromatic nitrogens is 5. The summed E-state index contributed by atoms with van der Waals surface area (Å²) >= 11 is 0. The Morgan fingerprint density at radius 3 is 1.61 bits per heavy atom. The van der Waals surface area contributed by atoms with Crippen molar-refractivity contribution < 1.29 is 11.0 Å². The van der Waals surface area contributed by atoms with Gasteiger partial charge in [0.25, 0.3) is 0 Å². The Hall–Kier alpha value is -7.63. The van der Waals surface area contributed by atoms with Gasteiger partial charge in [0.1, 0.15) is 0 Å². The first-order valence-electron chi connectivity index (χ1n) is 22.2. The van der Waals surface area contributed by atoms with Crippen LogP contribution in [0, 0.1) is 0 Å². The molecule has 0 saturated carbocycles. The molecule has 11 aromatic rings. The van der Waals surface area contributed by atoms with Crippen LogP contribution in [0.3, 0.4) is 0 Å². The van der Waals surface area contributed by atoms with E-state index in [1.165, 1.54) is 4.57 Å². The molecule has 0 amide bonds. The SMILES string of the molecule is [2H]c1c([2H])c([2H])c2c(c1[2H])c1c([2H])c([2H])c([2H])c([2H])c1n2-c1cc(-c2ccccc2)cc(-c2nc(-c3ccccc3)nc(-c3cccc4c3c3ccccc3n4-c3ccccc3)n2)c1. The zero-order chi connectivity index (χ0) is 44.0. The van der Waals surface area contributed by atoms with Crippen LogP contribution in [-0.4, -0.2) is 24.1 Å². The summed E-state index contributed by atoms with van der Waals surface area (Å²) in [4.78, 5) is 15.5. The highest BCUT2D eigenvalue weighted by atomic mass is 15.0. The second-order valence-electron chi connectivity index (χ2n) is 13.5. The molecule has 5 nitrogen and oxygen atoms in total. The first-order chi connectivity index (χ1) is 31.1. The van der Waals surface area contributed by atoms with Gasteiger partial charge in [-0.25, -0.2) is 15.0 Å². The Bertz CT molecular complexity index is 3630. The molecule has 0 unspecified atom stereocenters. The highest BCUT2D eigenvalue weighted by Crippen LogP contribution is 2.40. The van der Waals surface area contributed by atoms with Gasteiger partial charge in [0, 0.05) is 49.6 Å². The van der Waals surface area contributed by atoms with E-state index >= 15 is 0 Å². The van der Waals surface area contributed by atoms with Crippen molar-refractivity contribution in [3.63, 3.8) is 0 Å². The Balaban J connectivity index is 1.24. The highest BCUT2D eigenvalue weighted by Gasteiger charge is 2.21. The lowest BCUT2D eigenvalue weighted by atomic mass is 10.0. The molecule has 0 saturated heterocycles. The molecule has 3 aromatic heterocycles. The van der Waals surface area contributed by atoms with E-state index in [1.54, 1.807) is 6.07 Å². The van der Waals surface area contributed by atoms with Crippen LogP contribution in [0.25, 0.3) is 100 Å². The maximum atomic E-state index is 9.20. The average molecular weight is 724 g/mol. The van der Waals surface area contributed by atoms with E-state index in [-0.39, 0.29) is 33.9 Å². The number of benzene rings is 8. The number of nitrogens with zero attached hydrogens (tertiary/aromatic N) is 5. The van der Waals surface area contributed by atoms with Gasteiger partial charge in [0.15, 0.2) is 17.5 Å². The summed E-state index contributed by atoms with van der Waals surface area (Å²) in [6, 6.07) is 45.9. The highest BCUT2D eigenvalue weighted by molar-refractivity contribution is 6.15. The molecule has 8 aromatic carbocycles. The van der Waals surface area contributed by atoms with Gasteiger partial charge in [0.2, 0.25) is 0 Å². The largest absolute Gasteiger partial charge is 0.309 e. The van der Waals surface area contributed by atoms with Gasteiger partial charge in [-0.15, -0.1) is 0 Å². The molecule has 3 heterocycles. The summed E-state index contributed by atoms with van der Waals surface area (Å²) < 4.78 is 74.7. The average Bonchev–Trinajstić information content (AvgIpc) is 3.89. The van der Waals surface area contributed by atoms with Crippen molar-refractivity contribution >= 4 is 43.6 Å². The van der Waals surface area contributed by atoms with Gasteiger partial charge in [0.05, 0.1) is 33.0 Å². The van der Waals surface area contributed by atoms with Crippen molar-refractivity contribution in [2.75, 3.05) is 0 Å². The number of rotatable bonds is 6. The Morgan fingerprint density at radius 2 is 0.893 bits per heavy atom. The number of para-hydroxylation sites is 4. The molecule has 262 valence electrons. The zero-order valence-electron chi connectivity index (χ0n) is 37.7. The molecule has 0 aliphatic heterocycles. The van der Waals surface area contributed by atoms with Crippen LogP contribution in [0.5, 0.6) is 0 Å². The van der Waals surface area contributed by atoms with Crippen LogP contribution >= 0.6 is 0 Å². The van der Waals surface area contributed by atoms with E-state index in [4.69, 9.17) is 23.2 Å². The van der Waals surface area contributed by atoms with E-state index in [1.807, 2.05) is 115 Å². The van der Waals surface area contributed by atoms with E-state index in [0.29, 0.717) is 34.3 Å². The summed E-state index contributed by atoms with van der Waals surface area (Å²) in [6.07, 6.45) is 0. The van der Waals surface area contributed by atoms with Gasteiger partial charge >= 0.3 is 0 Å². The molecule has 0 aliphatic carbocycles. The quantitative estimate of drug-likeness (QED) is 0.172. The lowest BCUT2D eigenvalue weighted by molar-refractivity contribution is 1.07. The maximum absolute atomic E-state index is 9.20. The van der Waals surface area contributed by atoms with Crippen molar-refractivity contribution in [1.29, 1.82) is 0 Å². The predicted octanol–water partition coefficient (Wildman–Crippen LogP) is 12.7. The minimum Gasteiger partial charge on any atom is -0.309 e. The minimum atomic E-state index is -0.504. The number of hydrogen-bond acceptors (Lipinski definition) is 3. The Morgan fingerprint density at radius 1 is 0.357 bits per heavy atom. The molecule has 0 N–H and O–H groups in total. The van der Waals surface area contributed by atoms with Gasteiger partial charge in [-0.3, -0.25) is 0 Å². The van der Waals surface area contributed by atoms with E-state index in [0.717, 1.165) is 44.2 Å². The maximum Gasteiger partial charge on any atom is 0.164 e. The van der Waals surface area contributed by atoms with E-state index in [9.17, 15) is 2.74 Å². The van der Waals surface area contributed by atoms with Crippen molar-refractivity contribution in [3.05, 3.63) is 200 Å². The smallest absolute Gasteiger partial charge is 0.164 e. The van der Waals surface area contributed by atoms with Crippen LogP contribution < -0.4 is 0 Å². The van der Waals surface area contributed by atoms with Crippen molar-refractivity contribution in [2.45, 2.75) is 0 Å². The van der Waals surface area contributed by atoms with Crippen LogP contribution in [-0.2, 0) is 0 Å². The van der Waals surface area contributed by atoms with Gasteiger partial charge in [-0.2, -0.15) is 0 Å². The minimum absolute atomic E-state index is 0.00349. The molecule has 11 rings (SSSR count). The molecule has 0 radical (unpaired) electrons. The molecular weight excluding hydrogens is 683 g/mol. The predicted molar refractivity (Wildman–Crippen MR) is 230 cm³/mol. The molecule has 0 bridgehead atoms. The second-order valence-corrected chi connectivity index (χ2v) is 13.5. The first-order valence-corrected chi connectivity index (χ1v) is 18.2. The first kappa shape index (κ1) is 24.6. The number of hydrogen-bond donors (Lipinski definition) is 0. The Labute approximate surface area is 334 Å². The van der Waals surface area contributed by atoms with Crippen LogP contribution in [0.1, 0.15) is 11.0 Å². The monoisotopic (exact) mass is 723 g/mol. The van der Waals surface area contributed by atoms with Crippen molar-refractivity contribution in [1.82, 2.24) is 24.1 Å². The van der Waals surface area contributed by atoms with Gasteiger partial charge in [-0.1, -0.05) is 145 Å². The third kappa shape index (κ3) is 5.21. The fourth-order valence-corrected chi connectivity index (χ4v) is 7.75. The standard InChI is InChI=1S/C51H33N5/c1-4-17-34(18-5-1)36-31-37(33-39(32-36)56-44-27-13-10-23-40(44)41-24-11-14-28-45(41)56)50-52-49(35-19-6-2-7-20-35)53-51(54-50)43-26-16-30-47-48(43)42-25-12-15-29-46(42)55(47)38-21-8-3-9-22-38/h1-33H/i10D,11D,13D,14D,23D,24D,27D,28D. The fraction of sp³-hybridized carbons (Fsp3) is 0. The van der Waals surface area contributed by atoms with E-state index < -0.39 is 36.3 Å². The summed E-state index contributed by atoms with van der Waals surface area (Å²) in [6.45, 7) is 0. The molecule has 5 heteroatoms. The molecule has 0 atom stereocenters. The number of fused-ring (bicyclic) bond motifs is 6. The third-order valence-electron chi connectivity index (χ3n) is 10.2. The Kier molecular flexibility index (Phi) is 5.74. The lowest BCUT2D eigenvalue weighted by Crippen LogP contribution is -2.02. The van der Waals surface area contributed by atoms with Crippen LogP contribution in [0.2, 0.25) is 0 Å².